The molecule has 2 nitrogen and oxygen atoms in total. The molecule has 0 saturated heterocycles. The van der Waals surface area contributed by atoms with Gasteiger partial charge >= 0.3 is 5.97 Å². The third-order valence-corrected chi connectivity index (χ3v) is 2.44. The molecule has 1 unspecified atom stereocenters. The highest BCUT2D eigenvalue weighted by molar-refractivity contribution is 5.73. The summed E-state index contributed by atoms with van der Waals surface area (Å²) in [6, 6.07) is 0. The zero-order chi connectivity index (χ0) is 13.1. The Morgan fingerprint density at radius 3 is 1.75 bits per heavy atom. The maximum absolute atomic E-state index is 12.1. The first-order chi connectivity index (χ1) is 6.93. The van der Waals surface area contributed by atoms with Gasteiger partial charge in [0, 0.05) is 0 Å². The van der Waals surface area contributed by atoms with Gasteiger partial charge in [0.25, 0.3) is 0 Å². The lowest BCUT2D eigenvalue weighted by molar-refractivity contribution is -0.164. The quantitative estimate of drug-likeness (QED) is 0.681. The van der Waals surface area contributed by atoms with E-state index in [2.05, 4.69) is 34.6 Å². The summed E-state index contributed by atoms with van der Waals surface area (Å²) < 4.78 is 5.49. The topological polar surface area (TPSA) is 26.3 Å². The van der Waals surface area contributed by atoms with Gasteiger partial charge in [-0.2, -0.15) is 0 Å². The van der Waals surface area contributed by atoms with Gasteiger partial charge in [-0.25, -0.2) is 0 Å². The predicted molar refractivity (Wildman–Crippen MR) is 68.2 cm³/mol. The van der Waals surface area contributed by atoms with Crippen LogP contribution in [0.3, 0.4) is 0 Å². The summed E-state index contributed by atoms with van der Waals surface area (Å²) >= 11 is 0. The van der Waals surface area contributed by atoms with Crippen LogP contribution in [0, 0.1) is 17.3 Å². The molecule has 0 bridgehead atoms. The van der Waals surface area contributed by atoms with E-state index in [1.165, 1.54) is 0 Å². The highest BCUT2D eigenvalue weighted by atomic mass is 16.6. The maximum Gasteiger partial charge on any atom is 0.309 e. The highest BCUT2D eigenvalue weighted by Crippen LogP contribution is 2.33. The summed E-state index contributed by atoms with van der Waals surface area (Å²) in [6.45, 7) is 16.3. The molecule has 0 aliphatic rings. The van der Waals surface area contributed by atoms with Gasteiger partial charge in [-0.3, -0.25) is 4.79 Å². The van der Waals surface area contributed by atoms with E-state index in [9.17, 15) is 4.79 Å². The maximum atomic E-state index is 12.1. The van der Waals surface area contributed by atoms with Crippen molar-refractivity contribution in [3.63, 3.8) is 0 Å². The molecule has 0 spiro atoms. The van der Waals surface area contributed by atoms with Gasteiger partial charge in [0.05, 0.1) is 5.92 Å². The van der Waals surface area contributed by atoms with E-state index in [0.717, 1.165) is 6.42 Å². The van der Waals surface area contributed by atoms with Gasteiger partial charge in [0.15, 0.2) is 0 Å². The van der Waals surface area contributed by atoms with E-state index in [1.54, 1.807) is 0 Å². The fourth-order valence-corrected chi connectivity index (χ4v) is 1.65. The van der Waals surface area contributed by atoms with Crippen LogP contribution in [0.1, 0.15) is 61.8 Å². The lowest BCUT2D eigenvalue weighted by atomic mass is 9.76. The number of carbonyl (C=O) groups excluding carboxylic acids is 1. The minimum Gasteiger partial charge on any atom is -0.460 e. The van der Waals surface area contributed by atoms with E-state index >= 15 is 0 Å². The van der Waals surface area contributed by atoms with Gasteiger partial charge in [-0.1, -0.05) is 34.6 Å². The van der Waals surface area contributed by atoms with Gasteiger partial charge in [0.2, 0.25) is 0 Å². The van der Waals surface area contributed by atoms with Crippen molar-refractivity contribution in [1.29, 1.82) is 0 Å². The summed E-state index contributed by atoms with van der Waals surface area (Å²) in [7, 11) is 0. The SMILES string of the molecule is CC(C)CC(C(=O)OC(C)(C)C)C(C)(C)C. The van der Waals surface area contributed by atoms with Crippen molar-refractivity contribution in [3.05, 3.63) is 0 Å². The standard InChI is InChI=1S/C14H28O2/c1-10(2)9-11(13(3,4)5)12(15)16-14(6,7)8/h10-11H,9H2,1-8H3. The third-order valence-electron chi connectivity index (χ3n) is 2.44. The van der Waals surface area contributed by atoms with Crippen LogP contribution in [-0.4, -0.2) is 11.6 Å². The summed E-state index contributed by atoms with van der Waals surface area (Å²) in [5.41, 5.74) is -0.426. The number of hydrogen-bond acceptors (Lipinski definition) is 2. The van der Waals surface area contributed by atoms with E-state index in [-0.39, 0.29) is 17.3 Å². The average molecular weight is 228 g/mol. The number of rotatable bonds is 3. The molecule has 0 aromatic heterocycles. The largest absolute Gasteiger partial charge is 0.460 e. The molecule has 0 aromatic rings. The summed E-state index contributed by atoms with van der Waals surface area (Å²) in [4.78, 5) is 12.1. The fourth-order valence-electron chi connectivity index (χ4n) is 1.65. The molecular formula is C14H28O2. The molecule has 0 rings (SSSR count). The zero-order valence-electron chi connectivity index (χ0n) is 12.2. The van der Waals surface area contributed by atoms with Crippen molar-refractivity contribution in [1.82, 2.24) is 0 Å². The van der Waals surface area contributed by atoms with Crippen LogP contribution in [0.25, 0.3) is 0 Å². The Morgan fingerprint density at radius 1 is 1.06 bits per heavy atom. The number of ether oxygens (including phenoxy) is 1. The van der Waals surface area contributed by atoms with Crippen LogP contribution in [0.5, 0.6) is 0 Å². The van der Waals surface area contributed by atoms with Crippen LogP contribution < -0.4 is 0 Å². The molecule has 96 valence electrons. The Hall–Kier alpha value is -0.530. The van der Waals surface area contributed by atoms with Crippen molar-refractivity contribution in [3.8, 4) is 0 Å². The van der Waals surface area contributed by atoms with Crippen molar-refractivity contribution >= 4 is 5.97 Å². The number of esters is 1. The van der Waals surface area contributed by atoms with E-state index < -0.39 is 5.60 Å². The highest BCUT2D eigenvalue weighted by Gasteiger charge is 2.34. The summed E-state index contributed by atoms with van der Waals surface area (Å²) in [6.07, 6.45) is 0.887. The minimum absolute atomic E-state index is 0.0216. The Bertz CT molecular complexity index is 228. The lowest BCUT2D eigenvalue weighted by Crippen LogP contribution is -2.36. The molecule has 16 heavy (non-hydrogen) atoms. The Morgan fingerprint density at radius 2 is 1.50 bits per heavy atom. The Balaban J connectivity index is 4.71. The molecule has 2 heteroatoms. The minimum atomic E-state index is -0.391. The van der Waals surface area contributed by atoms with Gasteiger partial charge in [-0.15, -0.1) is 0 Å². The molecular weight excluding hydrogens is 200 g/mol. The van der Waals surface area contributed by atoms with Crippen LogP contribution >= 0.6 is 0 Å². The van der Waals surface area contributed by atoms with Gasteiger partial charge < -0.3 is 4.74 Å². The zero-order valence-corrected chi connectivity index (χ0v) is 12.2. The second-order valence-corrected chi connectivity index (χ2v) is 7.08. The monoisotopic (exact) mass is 228 g/mol. The van der Waals surface area contributed by atoms with Crippen molar-refractivity contribution in [2.24, 2.45) is 17.3 Å². The second kappa shape index (κ2) is 5.20. The lowest BCUT2D eigenvalue weighted by Gasteiger charge is -2.32. The molecule has 0 aliphatic carbocycles. The van der Waals surface area contributed by atoms with E-state index in [4.69, 9.17) is 4.74 Å². The van der Waals surface area contributed by atoms with Crippen LogP contribution in [0.15, 0.2) is 0 Å². The van der Waals surface area contributed by atoms with Crippen molar-refractivity contribution in [2.45, 2.75) is 67.4 Å². The number of hydrogen-bond donors (Lipinski definition) is 0. The molecule has 0 aromatic carbocycles. The molecule has 1 atom stereocenters. The molecule has 0 amide bonds. The third kappa shape index (κ3) is 6.14. The molecule has 0 aliphatic heterocycles. The van der Waals surface area contributed by atoms with Crippen molar-refractivity contribution in [2.75, 3.05) is 0 Å². The summed E-state index contributed by atoms with van der Waals surface area (Å²) in [5.74, 6) is 0.428. The molecule has 0 N–H and O–H groups in total. The number of carbonyl (C=O) groups is 1. The molecule has 0 heterocycles. The predicted octanol–water partition coefficient (Wildman–Crippen LogP) is 4.04. The van der Waals surface area contributed by atoms with Crippen LogP contribution in [-0.2, 0) is 9.53 Å². The van der Waals surface area contributed by atoms with E-state index in [1.807, 2.05) is 20.8 Å². The molecule has 0 saturated carbocycles. The van der Waals surface area contributed by atoms with E-state index in [0.29, 0.717) is 5.92 Å². The molecule has 0 radical (unpaired) electrons. The van der Waals surface area contributed by atoms with Crippen LogP contribution in [0.2, 0.25) is 0 Å². The normalized spacial score (nSPS) is 15.1. The summed E-state index contributed by atoms with van der Waals surface area (Å²) in [5, 5.41) is 0. The average Bonchev–Trinajstić information content (AvgIpc) is 1.93. The van der Waals surface area contributed by atoms with Crippen molar-refractivity contribution < 1.29 is 9.53 Å². The smallest absolute Gasteiger partial charge is 0.309 e. The fraction of sp³-hybridized carbons (Fsp3) is 0.929. The Labute approximate surface area is 101 Å². The first kappa shape index (κ1) is 15.5. The molecule has 0 fully saturated rings. The first-order valence-corrected chi connectivity index (χ1v) is 6.16. The Kier molecular flexibility index (Phi) is 5.03. The van der Waals surface area contributed by atoms with Gasteiger partial charge in [0.1, 0.15) is 5.60 Å². The van der Waals surface area contributed by atoms with Crippen LogP contribution in [0.4, 0.5) is 0 Å². The van der Waals surface area contributed by atoms with Gasteiger partial charge in [-0.05, 0) is 38.5 Å². The second-order valence-electron chi connectivity index (χ2n) is 7.08. The first-order valence-electron chi connectivity index (χ1n) is 6.16.